The minimum atomic E-state index is -3.48. The van der Waals surface area contributed by atoms with Crippen LogP contribution < -0.4 is 10.5 Å². The summed E-state index contributed by atoms with van der Waals surface area (Å²) in [6.07, 6.45) is 5.96. The molecule has 116 valence electrons. The molecule has 0 spiro atoms. The van der Waals surface area contributed by atoms with Crippen molar-refractivity contribution in [2.24, 2.45) is 11.7 Å². The van der Waals surface area contributed by atoms with Crippen LogP contribution in [0.15, 0.2) is 29.7 Å². The van der Waals surface area contributed by atoms with Gasteiger partial charge >= 0.3 is 0 Å². The summed E-state index contributed by atoms with van der Waals surface area (Å²) in [7, 11) is -3.48. The van der Waals surface area contributed by atoms with Crippen molar-refractivity contribution in [1.82, 2.24) is 4.72 Å². The van der Waals surface area contributed by atoms with Crippen LogP contribution in [0.1, 0.15) is 31.2 Å². The van der Waals surface area contributed by atoms with E-state index in [0.717, 1.165) is 31.2 Å². The average molecular weight is 329 g/mol. The van der Waals surface area contributed by atoms with Crippen LogP contribution in [0.4, 0.5) is 0 Å². The molecule has 1 unspecified atom stereocenters. The van der Waals surface area contributed by atoms with Crippen LogP contribution in [0.5, 0.6) is 0 Å². The Bertz CT molecular complexity index is 578. The van der Waals surface area contributed by atoms with Crippen molar-refractivity contribution < 1.29 is 8.42 Å². The number of hydrogen-bond donors (Lipinski definition) is 2. The molecule has 4 nitrogen and oxygen atoms in total. The normalized spacial score (nSPS) is 18.4. The molecular formula is C15H21ClN2O2S. The highest BCUT2D eigenvalue weighted by Gasteiger charge is 2.26. The summed E-state index contributed by atoms with van der Waals surface area (Å²) in [5.41, 5.74) is 6.50. The summed E-state index contributed by atoms with van der Waals surface area (Å²) < 4.78 is 26.9. The third kappa shape index (κ3) is 5.11. The van der Waals surface area contributed by atoms with E-state index in [1.165, 1.54) is 5.41 Å². The van der Waals surface area contributed by atoms with E-state index in [0.29, 0.717) is 17.5 Å². The molecule has 1 aliphatic carbocycles. The van der Waals surface area contributed by atoms with Crippen LogP contribution >= 0.6 is 11.6 Å². The zero-order chi connectivity index (χ0) is 15.3. The van der Waals surface area contributed by atoms with E-state index in [2.05, 4.69) is 4.72 Å². The van der Waals surface area contributed by atoms with Crippen molar-refractivity contribution in [3.05, 3.63) is 40.3 Å². The number of nitrogens with one attached hydrogen (secondary N) is 1. The maximum atomic E-state index is 12.1. The van der Waals surface area contributed by atoms with E-state index in [1.54, 1.807) is 30.3 Å². The molecule has 1 aliphatic rings. The molecule has 0 aromatic heterocycles. The van der Waals surface area contributed by atoms with Crippen molar-refractivity contribution in [3.8, 4) is 0 Å². The SMILES string of the molecule is NCC(NS(=O)(=O)/C=C/c1ccc(Cl)cc1)C1CCCC1. The summed E-state index contributed by atoms with van der Waals surface area (Å²) >= 11 is 5.79. The van der Waals surface area contributed by atoms with Crippen LogP contribution in [-0.4, -0.2) is 21.0 Å². The van der Waals surface area contributed by atoms with Crippen molar-refractivity contribution in [2.75, 3.05) is 6.54 Å². The zero-order valence-electron chi connectivity index (χ0n) is 11.8. The molecule has 21 heavy (non-hydrogen) atoms. The van der Waals surface area contributed by atoms with Gasteiger partial charge in [0.2, 0.25) is 10.0 Å². The third-order valence-electron chi connectivity index (χ3n) is 3.85. The van der Waals surface area contributed by atoms with Gasteiger partial charge in [0.15, 0.2) is 0 Å². The van der Waals surface area contributed by atoms with Gasteiger partial charge in [-0.2, -0.15) is 0 Å². The molecule has 0 amide bonds. The molecule has 1 aromatic rings. The van der Waals surface area contributed by atoms with Crippen molar-refractivity contribution in [3.63, 3.8) is 0 Å². The fraction of sp³-hybridized carbons (Fsp3) is 0.467. The number of hydrogen-bond acceptors (Lipinski definition) is 3. The van der Waals surface area contributed by atoms with Gasteiger partial charge in [-0.15, -0.1) is 0 Å². The summed E-state index contributed by atoms with van der Waals surface area (Å²) in [4.78, 5) is 0. The lowest BCUT2D eigenvalue weighted by molar-refractivity contribution is 0.407. The number of rotatable bonds is 6. The van der Waals surface area contributed by atoms with Crippen LogP contribution in [-0.2, 0) is 10.0 Å². The summed E-state index contributed by atoms with van der Waals surface area (Å²) in [6, 6.07) is 6.81. The van der Waals surface area contributed by atoms with Crippen LogP contribution in [0.25, 0.3) is 6.08 Å². The maximum absolute atomic E-state index is 12.1. The van der Waals surface area contributed by atoms with E-state index < -0.39 is 10.0 Å². The molecule has 0 saturated heterocycles. The number of halogens is 1. The number of sulfonamides is 1. The first kappa shape index (κ1) is 16.5. The predicted octanol–water partition coefficient (Wildman–Crippen LogP) is 2.75. The first-order valence-corrected chi connectivity index (χ1v) is 9.08. The molecule has 1 aromatic carbocycles. The van der Waals surface area contributed by atoms with E-state index in [1.807, 2.05) is 0 Å². The first-order chi connectivity index (χ1) is 10.00. The molecule has 1 fully saturated rings. The van der Waals surface area contributed by atoms with Gasteiger partial charge in [0.05, 0.1) is 0 Å². The Hall–Kier alpha value is -0.880. The second-order valence-corrected chi connectivity index (χ2v) is 7.44. The van der Waals surface area contributed by atoms with Gasteiger partial charge in [0.25, 0.3) is 0 Å². The Balaban J connectivity index is 2.01. The van der Waals surface area contributed by atoms with Gasteiger partial charge < -0.3 is 5.73 Å². The van der Waals surface area contributed by atoms with E-state index >= 15 is 0 Å². The summed E-state index contributed by atoms with van der Waals surface area (Å²) in [6.45, 7) is 0.332. The third-order valence-corrected chi connectivity index (χ3v) is 5.23. The lowest BCUT2D eigenvalue weighted by Crippen LogP contribution is -2.43. The standard InChI is InChI=1S/C15H21ClN2O2S/c16-14-7-5-12(6-8-14)9-10-21(19,20)18-15(11-17)13-3-1-2-4-13/h5-10,13,15,18H,1-4,11,17H2/b10-9+. The highest BCUT2D eigenvalue weighted by atomic mass is 35.5. The molecule has 1 saturated carbocycles. The molecule has 6 heteroatoms. The van der Waals surface area contributed by atoms with Gasteiger partial charge in [-0.3, -0.25) is 0 Å². The monoisotopic (exact) mass is 328 g/mol. The number of nitrogens with two attached hydrogens (primary N) is 1. The smallest absolute Gasteiger partial charge is 0.234 e. The topological polar surface area (TPSA) is 72.2 Å². The summed E-state index contributed by atoms with van der Waals surface area (Å²) in [5.74, 6) is 0.355. The Morgan fingerprint density at radius 3 is 2.48 bits per heavy atom. The first-order valence-electron chi connectivity index (χ1n) is 7.16. The van der Waals surface area contributed by atoms with Gasteiger partial charge in [-0.25, -0.2) is 13.1 Å². The van der Waals surface area contributed by atoms with Crippen LogP contribution in [0.3, 0.4) is 0 Å². The van der Waals surface area contributed by atoms with E-state index in [4.69, 9.17) is 17.3 Å². The van der Waals surface area contributed by atoms with E-state index in [-0.39, 0.29) is 6.04 Å². The van der Waals surface area contributed by atoms with Gasteiger partial charge in [0.1, 0.15) is 0 Å². The minimum absolute atomic E-state index is 0.174. The van der Waals surface area contributed by atoms with Gasteiger partial charge in [0, 0.05) is 23.0 Å². The molecule has 1 atom stereocenters. The molecule has 0 heterocycles. The lowest BCUT2D eigenvalue weighted by Gasteiger charge is -2.21. The second kappa shape index (κ2) is 7.40. The average Bonchev–Trinajstić information content (AvgIpc) is 2.98. The quantitative estimate of drug-likeness (QED) is 0.843. The van der Waals surface area contributed by atoms with Crippen LogP contribution in [0.2, 0.25) is 5.02 Å². The van der Waals surface area contributed by atoms with E-state index in [9.17, 15) is 8.42 Å². The fourth-order valence-electron chi connectivity index (χ4n) is 2.69. The Labute approximate surface area is 131 Å². The zero-order valence-corrected chi connectivity index (χ0v) is 13.4. The van der Waals surface area contributed by atoms with Gasteiger partial charge in [-0.05, 0) is 42.5 Å². The molecular weight excluding hydrogens is 308 g/mol. The minimum Gasteiger partial charge on any atom is -0.329 e. The highest BCUT2D eigenvalue weighted by Crippen LogP contribution is 2.27. The van der Waals surface area contributed by atoms with Crippen molar-refractivity contribution in [1.29, 1.82) is 0 Å². The molecule has 3 N–H and O–H groups in total. The molecule has 2 rings (SSSR count). The Morgan fingerprint density at radius 2 is 1.90 bits per heavy atom. The highest BCUT2D eigenvalue weighted by molar-refractivity contribution is 7.92. The predicted molar refractivity (Wildman–Crippen MR) is 87.3 cm³/mol. The summed E-state index contributed by atoms with van der Waals surface area (Å²) in [5, 5.41) is 1.81. The lowest BCUT2D eigenvalue weighted by atomic mass is 9.99. The van der Waals surface area contributed by atoms with Crippen molar-refractivity contribution >= 4 is 27.7 Å². The Kier molecular flexibility index (Phi) is 5.81. The fourth-order valence-corrected chi connectivity index (χ4v) is 3.94. The van der Waals surface area contributed by atoms with Gasteiger partial charge in [-0.1, -0.05) is 36.6 Å². The maximum Gasteiger partial charge on any atom is 0.234 e. The van der Waals surface area contributed by atoms with Crippen LogP contribution in [0, 0.1) is 5.92 Å². The molecule has 0 radical (unpaired) electrons. The second-order valence-electron chi connectivity index (χ2n) is 5.40. The number of benzene rings is 1. The molecule has 0 bridgehead atoms. The molecule has 0 aliphatic heterocycles. The largest absolute Gasteiger partial charge is 0.329 e. The van der Waals surface area contributed by atoms with Crippen molar-refractivity contribution in [2.45, 2.75) is 31.7 Å². The Morgan fingerprint density at radius 1 is 1.29 bits per heavy atom.